The summed E-state index contributed by atoms with van der Waals surface area (Å²) in [6.45, 7) is 26.7. The van der Waals surface area contributed by atoms with Crippen molar-refractivity contribution in [3.63, 3.8) is 0 Å². The number of nitrogens with two attached hydrogens (primary N) is 1. The van der Waals surface area contributed by atoms with Crippen molar-refractivity contribution in [1.29, 1.82) is 0 Å². The number of fused-ring (bicyclic) bond motifs is 9. The number of carbonyl (C=O) groups excluding carboxylic acids is 10. The van der Waals surface area contributed by atoms with Crippen molar-refractivity contribution in [2.24, 2.45) is 39.6 Å². The van der Waals surface area contributed by atoms with Gasteiger partial charge in [0.15, 0.2) is 0 Å². The maximum atomic E-state index is 13.3. The largest absolute Gasteiger partial charge is 0.673 e. The average molecular weight is 1940 g/mol. The van der Waals surface area contributed by atoms with Gasteiger partial charge in [0.1, 0.15) is 43.5 Å². The Morgan fingerprint density at radius 1 is 0.459 bits per heavy atom. The van der Waals surface area contributed by atoms with Crippen LogP contribution < -0.4 is 53.8 Å². The Balaban J connectivity index is 0.000000301. The summed E-state index contributed by atoms with van der Waals surface area (Å²) in [7, 11) is 3.31. The van der Waals surface area contributed by atoms with Crippen molar-refractivity contribution in [3.05, 3.63) is 192 Å². The average Bonchev–Trinajstić information content (AvgIpc) is 1.62. The number of hydrogen-bond acceptors (Lipinski definition) is 18. The van der Waals surface area contributed by atoms with E-state index in [4.69, 9.17) is 30.4 Å². The molecule has 32 nitrogen and oxygen atoms in total. The quantitative estimate of drug-likeness (QED) is 0.0116. The summed E-state index contributed by atoms with van der Waals surface area (Å²) in [5.74, 6) is -1.32. The molecule has 0 bridgehead atoms. The molecule has 6 aromatic rings. The second kappa shape index (κ2) is 56.2. The van der Waals surface area contributed by atoms with Crippen LogP contribution >= 0.6 is 0 Å². The molecule has 5 aliphatic carbocycles. The summed E-state index contributed by atoms with van der Waals surface area (Å²) in [4.78, 5) is 142. The number of hydrazone groups is 2. The summed E-state index contributed by atoms with van der Waals surface area (Å²) < 4.78 is 22.5. The number of rotatable bonds is 24. The van der Waals surface area contributed by atoms with Crippen LogP contribution in [0.4, 0.5) is 28.8 Å². The number of carbonyl (C=O) groups is 11. The van der Waals surface area contributed by atoms with Crippen LogP contribution in [0.5, 0.6) is 0 Å². The molecular formula is C102H144N16O16Y-2. The van der Waals surface area contributed by atoms with Crippen LogP contribution in [0.3, 0.4) is 0 Å². The molecule has 3 heterocycles. The number of carboxylic acid groups (broad SMARTS) is 1. The van der Waals surface area contributed by atoms with Crippen molar-refractivity contribution in [3.8, 4) is 33.4 Å². The maximum Gasteiger partial charge on any atom is 0.410 e. The first-order valence-electron chi connectivity index (χ1n) is 47.4. The van der Waals surface area contributed by atoms with Crippen LogP contribution in [0, 0.1) is 31.1 Å². The fourth-order valence-corrected chi connectivity index (χ4v) is 18.1. The van der Waals surface area contributed by atoms with Crippen molar-refractivity contribution in [2.45, 2.75) is 245 Å². The summed E-state index contributed by atoms with van der Waals surface area (Å²) in [5, 5.41) is 37.2. The van der Waals surface area contributed by atoms with E-state index in [0.29, 0.717) is 44.2 Å². The first-order chi connectivity index (χ1) is 64.2. The van der Waals surface area contributed by atoms with E-state index in [1.807, 2.05) is 178 Å². The van der Waals surface area contributed by atoms with Gasteiger partial charge in [-0.15, -0.1) is 6.04 Å². The van der Waals surface area contributed by atoms with Gasteiger partial charge in [-0.05, 0) is 176 Å². The third kappa shape index (κ3) is 30.8. The zero-order valence-electron chi connectivity index (χ0n) is 81.5. The molecule has 733 valence electrons. The van der Waals surface area contributed by atoms with Crippen LogP contribution in [0.2, 0.25) is 0 Å². The number of urea groups is 2. The predicted octanol–water partition coefficient (Wildman–Crippen LogP) is 15.8. The van der Waals surface area contributed by atoms with Crippen LogP contribution in [0.15, 0.2) is 156 Å². The minimum atomic E-state index is -1.14. The number of ether oxygens (including phenoxy) is 4. The van der Waals surface area contributed by atoms with E-state index < -0.39 is 96.2 Å². The van der Waals surface area contributed by atoms with Gasteiger partial charge >= 0.3 is 42.4 Å². The molecule has 3 saturated heterocycles. The smallest absolute Gasteiger partial charge is 0.410 e. The van der Waals surface area contributed by atoms with Gasteiger partial charge < -0.3 is 80.2 Å². The normalized spacial score (nSPS) is 20.6. The number of carboxylic acids is 1. The fourth-order valence-electron chi connectivity index (χ4n) is 18.1. The van der Waals surface area contributed by atoms with Crippen molar-refractivity contribution < 1.29 is 110 Å². The number of aliphatic carboxylic acids is 1. The Hall–Kier alpha value is -11.3. The standard InChI is InChI=1S/C34H45N7O5.C34H44N7O5.C25H28N2O6.4C2H6.CH3.Y/c2*1-3-24(18-38-40-33(44)37-17-21-12-14-22(15-13-21)31(42)36-2)39-32(43)30-16-23(35)19-41(30)34(45)46-20-29-27-10-6-4-8-25(27)26-9-5-7-11-28(26)29;1-25(2,3)33-23(30)26-15-12-21(22(28)29)27(13-15)24(31)32-14-20-18-10-6-4-8-16(18)17-9-5-7-11-19(17)20;4*1-2;;/h4-11,18,21-24,29-30H,3,12-17,19-20,35H2,1-2H3,(H,36,42)(H,39,43)(H2,37,40,44);4-11,18,21-24,29-30,35H,3,12-17,19-20H2,1-2H3,(H,36,42)(H,39,43)(H2,37,40,44);4-11,15,20-21H,12-14H2,1-3H3,(H,26,30)(H,28,29);4*1-2H3;1H3;/q;-1;;;;;;-1;/b2*38-18+;;;;;;;/t2*21?,22?,23-,24+,30+;15-,21+;;;;;;/m111....../s1. The molecule has 2 saturated carbocycles. The molecule has 8 atom stereocenters. The molecule has 12 amide bonds. The van der Waals surface area contributed by atoms with Crippen LogP contribution in [-0.2, 0) is 75.6 Å². The summed E-state index contributed by atoms with van der Waals surface area (Å²) >= 11 is 0. The van der Waals surface area contributed by atoms with E-state index in [1.54, 1.807) is 34.9 Å². The zero-order valence-corrected chi connectivity index (χ0v) is 84.3. The van der Waals surface area contributed by atoms with E-state index in [0.717, 1.165) is 123 Å². The first kappa shape index (κ1) is 112. The molecular weight excluding hydrogens is 1790 g/mol. The van der Waals surface area contributed by atoms with Crippen LogP contribution in [0.1, 0.15) is 225 Å². The molecule has 135 heavy (non-hydrogen) atoms. The SMILES string of the molecule is CC.CC.CC.CC.CC(C)(C)OC(=O)N[C@@H]1C[C@@H](C(=O)O)N(C(=O)OCC2c3ccccc3-c3ccccc32)C1.CC[C@@H](/C=N/NC(=O)NCC1CCC(C(=O)NC)CC1)NC(=O)[C@@H]1C[C@@H](N)CN1C(=O)OCC1c2ccccc2-c2ccccc21.CC[C@@H](/C=N/NC(=O)NCC1CCC(C(=O)NC)CC1)NC(=O)[C@@H]1C[C@@H]([NH-])CN1C(=O)OCC1c2ccccc2-c2ccccc21.[CH3-].[Y]. The monoisotopic (exact) mass is 1940 g/mol. The second-order valence-electron chi connectivity index (χ2n) is 34.2. The number of benzene rings is 6. The molecule has 0 spiro atoms. The van der Waals surface area contributed by atoms with Crippen molar-refractivity contribution >= 4 is 78.5 Å². The van der Waals surface area contributed by atoms with E-state index >= 15 is 0 Å². The van der Waals surface area contributed by atoms with Gasteiger partial charge in [0.05, 0.1) is 18.1 Å². The van der Waals surface area contributed by atoms with Gasteiger partial charge in [0.25, 0.3) is 0 Å². The van der Waals surface area contributed by atoms with Gasteiger partial charge in [-0.2, -0.15) is 10.2 Å². The minimum Gasteiger partial charge on any atom is -0.673 e. The number of alkyl carbamates (subject to hydrolysis) is 1. The Kier molecular flexibility index (Phi) is 46.8. The Bertz CT molecular complexity index is 4570. The van der Waals surface area contributed by atoms with Gasteiger partial charge in [-0.1, -0.05) is 215 Å². The van der Waals surface area contributed by atoms with Crippen LogP contribution in [0.25, 0.3) is 39.1 Å². The van der Waals surface area contributed by atoms with Crippen LogP contribution in [-0.4, -0.2) is 219 Å². The van der Waals surface area contributed by atoms with Crippen molar-refractivity contribution in [2.75, 3.05) is 66.6 Å². The number of likely N-dealkylation sites (tertiary alicyclic amines) is 3. The van der Waals surface area contributed by atoms with E-state index in [2.05, 4.69) is 94.7 Å². The number of nitrogens with one attached hydrogen (secondary N) is 10. The second-order valence-corrected chi connectivity index (χ2v) is 34.2. The first-order valence-corrected chi connectivity index (χ1v) is 47.4. The Morgan fingerprint density at radius 3 is 1.08 bits per heavy atom. The summed E-state index contributed by atoms with van der Waals surface area (Å²) in [6, 6.07) is 42.4. The molecule has 5 fully saturated rings. The topological polar surface area (TPSA) is 437 Å². The van der Waals surface area contributed by atoms with Crippen molar-refractivity contribution in [1.82, 2.24) is 62.8 Å². The summed E-state index contributed by atoms with van der Waals surface area (Å²) in [5.41, 5.74) is 32.0. The molecule has 0 unspecified atom stereocenters. The molecule has 1 radical (unpaired) electrons. The molecule has 8 aliphatic rings. The van der Waals surface area contributed by atoms with Gasteiger partial charge in [0, 0.05) is 134 Å². The molecule has 3 aliphatic heterocycles. The molecule has 13 N–H and O–H groups in total. The third-order valence-electron chi connectivity index (χ3n) is 24.7. The molecule has 14 rings (SSSR count). The van der Waals surface area contributed by atoms with E-state index in [9.17, 15) is 57.8 Å². The fraction of sp³-hybridized carbons (Fsp3) is 0.510. The molecule has 6 aromatic carbocycles. The molecule has 0 aromatic heterocycles. The minimum absolute atomic E-state index is 0. The van der Waals surface area contributed by atoms with Gasteiger partial charge in [0.2, 0.25) is 23.6 Å². The van der Waals surface area contributed by atoms with E-state index in [-0.39, 0.29) is 146 Å². The van der Waals surface area contributed by atoms with Gasteiger partial charge in [-0.25, -0.2) is 44.4 Å². The number of hydrogen-bond donors (Lipinski definition) is 11. The maximum absolute atomic E-state index is 13.3. The Morgan fingerprint density at radius 2 is 0.770 bits per heavy atom. The predicted molar refractivity (Wildman–Crippen MR) is 523 cm³/mol. The number of nitrogens with zero attached hydrogens (tertiary/aromatic N) is 5. The molecule has 33 heteroatoms. The van der Waals surface area contributed by atoms with E-state index in [1.165, 1.54) is 22.2 Å². The summed E-state index contributed by atoms with van der Waals surface area (Å²) in [6.07, 6.45) is 8.77. The van der Waals surface area contributed by atoms with Gasteiger partial charge in [-0.3, -0.25) is 33.9 Å². The third-order valence-corrected chi connectivity index (χ3v) is 24.7. The number of amides is 12. The Labute approximate surface area is 822 Å². The zero-order chi connectivity index (χ0) is 97.0.